The number of rotatable bonds is 2. The van der Waals surface area contributed by atoms with Gasteiger partial charge in [-0.05, 0) is 19.4 Å². The Kier molecular flexibility index (Phi) is 2.69. The summed E-state index contributed by atoms with van der Waals surface area (Å²) in [4.78, 5) is 2.35. The van der Waals surface area contributed by atoms with E-state index < -0.39 is 0 Å². The minimum atomic E-state index is 0.979. The Morgan fingerprint density at radius 3 is 3.10 bits per heavy atom. The molecule has 0 saturated heterocycles. The van der Waals surface area contributed by atoms with Crippen molar-refractivity contribution in [2.24, 2.45) is 0 Å². The summed E-state index contributed by atoms with van der Waals surface area (Å²) in [6, 6.07) is 0. The van der Waals surface area contributed by atoms with Gasteiger partial charge in [0.2, 0.25) is 0 Å². The van der Waals surface area contributed by atoms with Crippen LogP contribution in [-0.4, -0.2) is 24.5 Å². The van der Waals surface area contributed by atoms with Crippen LogP contribution in [0.3, 0.4) is 0 Å². The van der Waals surface area contributed by atoms with Crippen LogP contribution in [0.15, 0.2) is 18.2 Å². The first-order valence-electron chi connectivity index (χ1n) is 3.71. The zero-order valence-corrected chi connectivity index (χ0v) is 6.56. The Labute approximate surface area is 63.0 Å². The smallest absolute Gasteiger partial charge is 0.0237 e. The number of hydrogen-bond acceptors (Lipinski definition) is 1. The van der Waals surface area contributed by atoms with Crippen LogP contribution in [0.1, 0.15) is 13.3 Å². The van der Waals surface area contributed by atoms with Crippen molar-refractivity contribution in [3.05, 3.63) is 24.3 Å². The molecule has 0 aromatic carbocycles. The zero-order chi connectivity index (χ0) is 7.40. The Hall–Kier alpha value is -0.560. The first kappa shape index (κ1) is 7.55. The summed E-state index contributed by atoms with van der Waals surface area (Å²) in [5, 5.41) is 0. The van der Waals surface area contributed by atoms with Crippen molar-refractivity contribution >= 4 is 0 Å². The molecule has 0 saturated carbocycles. The largest absolute Gasteiger partial charge is 0.295 e. The molecule has 1 aliphatic rings. The fourth-order valence-corrected chi connectivity index (χ4v) is 1.14. The normalized spacial score (nSPS) is 19.3. The van der Waals surface area contributed by atoms with E-state index in [-0.39, 0.29) is 0 Å². The first-order valence-corrected chi connectivity index (χ1v) is 3.71. The maximum absolute atomic E-state index is 3.87. The number of nitrogens with zero attached hydrogens (tertiary/aromatic N) is 1. The highest BCUT2D eigenvalue weighted by Gasteiger charge is 2.04. The molecule has 0 bridgehead atoms. The van der Waals surface area contributed by atoms with Crippen molar-refractivity contribution in [3.8, 4) is 0 Å². The van der Waals surface area contributed by atoms with Gasteiger partial charge in [-0.25, -0.2) is 0 Å². The summed E-state index contributed by atoms with van der Waals surface area (Å²) in [7, 11) is 0. The molecule has 10 heavy (non-hydrogen) atoms. The van der Waals surface area contributed by atoms with E-state index >= 15 is 0 Å². The monoisotopic (exact) mass is 136 g/mol. The van der Waals surface area contributed by atoms with E-state index in [1.807, 2.05) is 0 Å². The maximum atomic E-state index is 3.87. The molecule has 0 aromatic heterocycles. The molecule has 0 aromatic rings. The van der Waals surface area contributed by atoms with Crippen molar-refractivity contribution in [1.82, 2.24) is 4.90 Å². The average molecular weight is 136 g/mol. The van der Waals surface area contributed by atoms with Crippen LogP contribution in [0.25, 0.3) is 0 Å². The van der Waals surface area contributed by atoms with Crippen molar-refractivity contribution < 1.29 is 0 Å². The molecule has 1 radical (unpaired) electrons. The predicted octanol–water partition coefficient (Wildman–Crippen LogP) is 1.63. The topological polar surface area (TPSA) is 3.24 Å². The molecule has 1 heterocycles. The highest BCUT2D eigenvalue weighted by atomic mass is 15.1. The highest BCUT2D eigenvalue weighted by Crippen LogP contribution is 2.02. The summed E-state index contributed by atoms with van der Waals surface area (Å²) in [6.07, 6.45) is 6.47. The predicted molar refractivity (Wildman–Crippen MR) is 43.7 cm³/mol. The van der Waals surface area contributed by atoms with Gasteiger partial charge in [-0.2, -0.15) is 0 Å². The Morgan fingerprint density at radius 1 is 1.80 bits per heavy atom. The average Bonchev–Trinajstić information content (AvgIpc) is 1.88. The SMILES string of the molecule is C=C(C)CN1C[C]=CCC1. The van der Waals surface area contributed by atoms with Gasteiger partial charge in [-0.15, -0.1) is 0 Å². The third-order valence-corrected chi connectivity index (χ3v) is 1.54. The second-order valence-corrected chi connectivity index (χ2v) is 2.86. The third kappa shape index (κ3) is 2.36. The van der Waals surface area contributed by atoms with Crippen molar-refractivity contribution in [1.29, 1.82) is 0 Å². The van der Waals surface area contributed by atoms with Gasteiger partial charge in [0.1, 0.15) is 0 Å². The van der Waals surface area contributed by atoms with E-state index in [2.05, 4.69) is 30.6 Å². The zero-order valence-electron chi connectivity index (χ0n) is 6.56. The van der Waals surface area contributed by atoms with E-state index in [1.165, 1.54) is 12.1 Å². The lowest BCUT2D eigenvalue weighted by atomic mass is 10.2. The van der Waals surface area contributed by atoms with E-state index in [4.69, 9.17) is 0 Å². The van der Waals surface area contributed by atoms with Gasteiger partial charge in [0, 0.05) is 19.6 Å². The van der Waals surface area contributed by atoms with Crippen LogP contribution in [0.4, 0.5) is 0 Å². The fourth-order valence-electron chi connectivity index (χ4n) is 1.14. The third-order valence-electron chi connectivity index (χ3n) is 1.54. The lowest BCUT2D eigenvalue weighted by molar-refractivity contribution is 0.319. The molecular weight excluding hydrogens is 122 g/mol. The van der Waals surface area contributed by atoms with Gasteiger partial charge in [0.15, 0.2) is 0 Å². The minimum Gasteiger partial charge on any atom is -0.295 e. The van der Waals surface area contributed by atoms with E-state index in [0.717, 1.165) is 19.5 Å². The molecule has 1 aliphatic heterocycles. The molecule has 1 heteroatoms. The lowest BCUT2D eigenvalue weighted by Crippen LogP contribution is -2.28. The summed E-state index contributed by atoms with van der Waals surface area (Å²) < 4.78 is 0. The maximum Gasteiger partial charge on any atom is 0.0237 e. The molecule has 0 N–H and O–H groups in total. The molecule has 1 rings (SSSR count). The minimum absolute atomic E-state index is 0.979. The second kappa shape index (κ2) is 3.57. The van der Waals surface area contributed by atoms with Gasteiger partial charge in [0.25, 0.3) is 0 Å². The second-order valence-electron chi connectivity index (χ2n) is 2.86. The molecule has 0 fully saturated rings. The van der Waals surface area contributed by atoms with E-state index in [1.54, 1.807) is 0 Å². The Balaban J connectivity index is 2.28. The van der Waals surface area contributed by atoms with Gasteiger partial charge in [-0.3, -0.25) is 4.90 Å². The molecule has 1 nitrogen and oxygen atoms in total. The molecule has 0 atom stereocenters. The van der Waals surface area contributed by atoms with Crippen LogP contribution < -0.4 is 0 Å². The summed E-state index contributed by atoms with van der Waals surface area (Å²) in [6.45, 7) is 9.11. The number of hydrogen-bond donors (Lipinski definition) is 0. The summed E-state index contributed by atoms with van der Waals surface area (Å²) >= 11 is 0. The van der Waals surface area contributed by atoms with Gasteiger partial charge < -0.3 is 0 Å². The first-order chi connectivity index (χ1) is 4.79. The van der Waals surface area contributed by atoms with Crippen molar-refractivity contribution in [2.45, 2.75) is 13.3 Å². The quantitative estimate of drug-likeness (QED) is 0.521. The summed E-state index contributed by atoms with van der Waals surface area (Å²) in [5.41, 5.74) is 1.24. The molecule has 0 spiro atoms. The van der Waals surface area contributed by atoms with Crippen LogP contribution in [-0.2, 0) is 0 Å². The van der Waals surface area contributed by atoms with Crippen LogP contribution in [0.5, 0.6) is 0 Å². The van der Waals surface area contributed by atoms with Gasteiger partial charge in [0.05, 0.1) is 0 Å². The molecule has 0 aliphatic carbocycles. The van der Waals surface area contributed by atoms with Gasteiger partial charge in [-0.1, -0.05) is 18.2 Å². The Morgan fingerprint density at radius 2 is 2.60 bits per heavy atom. The molecule has 0 unspecified atom stereocenters. The van der Waals surface area contributed by atoms with E-state index in [9.17, 15) is 0 Å². The van der Waals surface area contributed by atoms with Crippen LogP contribution in [0, 0.1) is 6.08 Å². The molecular formula is C9H14N. The van der Waals surface area contributed by atoms with Crippen LogP contribution >= 0.6 is 0 Å². The molecule has 0 amide bonds. The summed E-state index contributed by atoms with van der Waals surface area (Å²) in [5.74, 6) is 0. The lowest BCUT2D eigenvalue weighted by Gasteiger charge is -2.22. The van der Waals surface area contributed by atoms with E-state index in [0.29, 0.717) is 0 Å². The fraction of sp³-hybridized carbons (Fsp3) is 0.556. The highest BCUT2D eigenvalue weighted by molar-refractivity contribution is 4.95. The van der Waals surface area contributed by atoms with Crippen LogP contribution in [0.2, 0.25) is 0 Å². The standard InChI is InChI=1S/C9H14N/c1-9(2)8-10-6-4-3-5-7-10/h3H,1,4,6-8H2,2H3. The Bertz CT molecular complexity index is 147. The molecule has 55 valence electrons. The van der Waals surface area contributed by atoms with Crippen molar-refractivity contribution in [3.63, 3.8) is 0 Å². The van der Waals surface area contributed by atoms with Crippen molar-refractivity contribution in [2.75, 3.05) is 19.6 Å². The van der Waals surface area contributed by atoms with Gasteiger partial charge >= 0.3 is 0 Å².